The minimum atomic E-state index is -0.0648. The predicted molar refractivity (Wildman–Crippen MR) is 92.2 cm³/mol. The van der Waals surface area contributed by atoms with E-state index in [1.54, 1.807) is 12.7 Å². The second-order valence-corrected chi connectivity index (χ2v) is 8.91. The van der Waals surface area contributed by atoms with Crippen molar-refractivity contribution >= 4 is 5.71 Å². The zero-order valence-electron chi connectivity index (χ0n) is 14.8. The van der Waals surface area contributed by atoms with Crippen molar-refractivity contribution in [3.63, 3.8) is 0 Å². The summed E-state index contributed by atoms with van der Waals surface area (Å²) >= 11 is 0. The number of rotatable bonds is 1. The zero-order valence-corrected chi connectivity index (χ0v) is 14.8. The van der Waals surface area contributed by atoms with E-state index in [-0.39, 0.29) is 11.5 Å². The van der Waals surface area contributed by atoms with Crippen molar-refractivity contribution in [2.45, 2.75) is 71.3 Å². The molecule has 0 aromatic carbocycles. The molecule has 1 N–H and O–H groups in total. The Hall–Kier alpha value is -0.830. The molecule has 4 aliphatic rings. The smallest absolute Gasteiger partial charge is 0.106 e. The van der Waals surface area contributed by atoms with E-state index in [9.17, 15) is 5.11 Å². The predicted octanol–water partition coefficient (Wildman–Crippen LogP) is 4.31. The molecule has 0 spiro atoms. The number of hydrogen-bond donors (Lipinski definition) is 1. The van der Waals surface area contributed by atoms with Gasteiger partial charge in [0.1, 0.15) is 7.11 Å². The number of hydrogen-bond acceptors (Lipinski definition) is 3. The van der Waals surface area contributed by atoms with Crippen LogP contribution in [0.25, 0.3) is 0 Å². The first-order valence-corrected chi connectivity index (χ1v) is 9.48. The van der Waals surface area contributed by atoms with Crippen molar-refractivity contribution in [2.24, 2.45) is 33.7 Å². The van der Waals surface area contributed by atoms with Crippen molar-refractivity contribution in [1.82, 2.24) is 0 Å². The van der Waals surface area contributed by atoms with Crippen LogP contribution in [0.2, 0.25) is 0 Å². The lowest BCUT2D eigenvalue weighted by atomic mass is 9.47. The highest BCUT2D eigenvalue weighted by molar-refractivity contribution is 5.96. The first kappa shape index (κ1) is 15.7. The van der Waals surface area contributed by atoms with E-state index < -0.39 is 0 Å². The quantitative estimate of drug-likeness (QED) is 0.732. The largest absolute Gasteiger partial charge is 0.399 e. The van der Waals surface area contributed by atoms with E-state index in [0.717, 1.165) is 36.3 Å². The molecule has 0 radical (unpaired) electrons. The first-order valence-electron chi connectivity index (χ1n) is 9.48. The second kappa shape index (κ2) is 5.34. The highest BCUT2D eigenvalue weighted by atomic mass is 16.6. The van der Waals surface area contributed by atoms with E-state index in [4.69, 9.17) is 4.84 Å². The molecule has 4 aliphatic carbocycles. The van der Waals surface area contributed by atoms with Gasteiger partial charge in [-0.05, 0) is 86.0 Å². The van der Waals surface area contributed by atoms with Gasteiger partial charge in [-0.3, -0.25) is 0 Å². The number of allylic oxidation sites excluding steroid dienone is 2. The summed E-state index contributed by atoms with van der Waals surface area (Å²) < 4.78 is 0. The molecule has 0 aromatic rings. The third-order valence-corrected chi connectivity index (χ3v) is 8.14. The number of oxime groups is 1. The Kier molecular flexibility index (Phi) is 3.64. The Morgan fingerprint density at radius 3 is 2.70 bits per heavy atom. The molecule has 0 heterocycles. The molecule has 3 saturated carbocycles. The number of fused-ring (bicyclic) bond motifs is 5. The van der Waals surface area contributed by atoms with E-state index in [1.165, 1.54) is 38.5 Å². The monoisotopic (exact) mass is 317 g/mol. The van der Waals surface area contributed by atoms with Crippen molar-refractivity contribution < 1.29 is 9.94 Å². The van der Waals surface area contributed by atoms with Gasteiger partial charge in [-0.25, -0.2) is 0 Å². The third-order valence-electron chi connectivity index (χ3n) is 8.14. The van der Waals surface area contributed by atoms with Crippen molar-refractivity contribution in [2.75, 3.05) is 7.11 Å². The fourth-order valence-electron chi connectivity index (χ4n) is 6.73. The van der Waals surface area contributed by atoms with E-state index in [1.807, 2.05) is 0 Å². The summed E-state index contributed by atoms with van der Waals surface area (Å²) in [6.07, 6.45) is 11.8. The maximum absolute atomic E-state index is 10.5. The molecule has 128 valence electrons. The summed E-state index contributed by atoms with van der Waals surface area (Å²) in [5, 5.41) is 14.7. The van der Waals surface area contributed by atoms with Crippen LogP contribution in [0.15, 0.2) is 16.8 Å². The van der Waals surface area contributed by atoms with Crippen LogP contribution < -0.4 is 0 Å². The Bertz CT molecular complexity index is 554. The van der Waals surface area contributed by atoms with Gasteiger partial charge in [-0.2, -0.15) is 0 Å². The summed E-state index contributed by atoms with van der Waals surface area (Å²) in [5.74, 6) is 2.35. The molecule has 6 atom stereocenters. The molecule has 0 aliphatic heterocycles. The molecule has 0 bridgehead atoms. The van der Waals surface area contributed by atoms with E-state index >= 15 is 0 Å². The summed E-state index contributed by atoms with van der Waals surface area (Å²) in [6, 6.07) is 0. The van der Waals surface area contributed by atoms with Crippen LogP contribution in [0.4, 0.5) is 0 Å². The zero-order chi connectivity index (χ0) is 16.2. The summed E-state index contributed by atoms with van der Waals surface area (Å²) in [6.45, 7) is 4.87. The van der Waals surface area contributed by atoms with Crippen LogP contribution in [0.3, 0.4) is 0 Å². The van der Waals surface area contributed by atoms with Gasteiger partial charge in [0.15, 0.2) is 0 Å². The topological polar surface area (TPSA) is 41.8 Å². The number of aliphatic hydroxyl groups is 1. The van der Waals surface area contributed by atoms with Crippen LogP contribution in [-0.4, -0.2) is 24.0 Å². The summed E-state index contributed by atoms with van der Waals surface area (Å²) in [4.78, 5) is 5.00. The number of nitrogens with zero attached hydrogens (tertiary/aromatic N) is 1. The highest BCUT2D eigenvalue weighted by Gasteiger charge is 2.58. The highest BCUT2D eigenvalue weighted by Crippen LogP contribution is 2.65. The Morgan fingerprint density at radius 1 is 1.09 bits per heavy atom. The lowest BCUT2D eigenvalue weighted by Gasteiger charge is -2.57. The fraction of sp³-hybridized carbons (Fsp3) is 0.850. The molecular formula is C20H31NO2. The molecule has 3 fully saturated rings. The average Bonchev–Trinajstić information content (AvgIpc) is 2.84. The minimum absolute atomic E-state index is 0.0648. The lowest BCUT2D eigenvalue weighted by Crippen LogP contribution is -2.51. The van der Waals surface area contributed by atoms with Crippen LogP contribution in [-0.2, 0) is 4.84 Å². The normalized spacial score (nSPS) is 50.8. The van der Waals surface area contributed by atoms with Crippen LogP contribution in [0.5, 0.6) is 0 Å². The van der Waals surface area contributed by atoms with Gasteiger partial charge in [-0.15, -0.1) is 0 Å². The van der Waals surface area contributed by atoms with Crippen molar-refractivity contribution in [3.8, 4) is 0 Å². The van der Waals surface area contributed by atoms with E-state index in [0.29, 0.717) is 5.41 Å². The lowest BCUT2D eigenvalue weighted by molar-refractivity contribution is -0.0722. The second-order valence-electron chi connectivity index (χ2n) is 8.91. The third kappa shape index (κ3) is 2.15. The molecule has 0 unspecified atom stereocenters. The average molecular weight is 317 g/mol. The van der Waals surface area contributed by atoms with Crippen LogP contribution in [0, 0.1) is 28.6 Å². The van der Waals surface area contributed by atoms with Gasteiger partial charge in [0, 0.05) is 0 Å². The molecule has 0 amide bonds. The molecule has 3 nitrogen and oxygen atoms in total. The molecule has 4 rings (SSSR count). The fourth-order valence-corrected chi connectivity index (χ4v) is 6.73. The molecule has 23 heavy (non-hydrogen) atoms. The maximum Gasteiger partial charge on any atom is 0.106 e. The molecule has 0 aromatic heterocycles. The van der Waals surface area contributed by atoms with Crippen molar-refractivity contribution in [1.29, 1.82) is 0 Å². The van der Waals surface area contributed by atoms with Crippen LogP contribution >= 0.6 is 0 Å². The number of aliphatic hydroxyl groups excluding tert-OH is 1. The van der Waals surface area contributed by atoms with Gasteiger partial charge < -0.3 is 9.94 Å². The summed E-state index contributed by atoms with van der Waals surface area (Å²) in [5.41, 5.74) is 3.28. The standard InChI is InChI=1S/C20H31NO2/c1-19-10-8-14(21-23-3)12-13(19)4-5-15-16-6-7-18(22)20(16,2)11-9-17(15)19/h12,15-18,22H,4-11H2,1-3H3/t15-,16-,17-,18-,19-,20-/m0/s1. The van der Waals surface area contributed by atoms with Crippen molar-refractivity contribution in [3.05, 3.63) is 11.6 Å². The SMILES string of the molecule is CON=C1C=C2CC[C@H]3[C@@H]4CC[C@H](O)[C@@]4(C)CC[C@@H]3[C@@]2(C)CC1. The van der Waals surface area contributed by atoms with Crippen LogP contribution in [0.1, 0.15) is 65.2 Å². The molecule has 3 heteroatoms. The molecular weight excluding hydrogens is 286 g/mol. The Morgan fingerprint density at radius 2 is 1.91 bits per heavy atom. The summed E-state index contributed by atoms with van der Waals surface area (Å²) in [7, 11) is 1.64. The molecule has 0 saturated heterocycles. The van der Waals surface area contributed by atoms with Gasteiger partial charge >= 0.3 is 0 Å². The Labute approximate surface area is 140 Å². The van der Waals surface area contributed by atoms with Gasteiger partial charge in [0.25, 0.3) is 0 Å². The Balaban J connectivity index is 1.65. The minimum Gasteiger partial charge on any atom is -0.399 e. The van der Waals surface area contributed by atoms with Gasteiger partial charge in [0.05, 0.1) is 11.8 Å². The van der Waals surface area contributed by atoms with E-state index in [2.05, 4.69) is 25.1 Å². The maximum atomic E-state index is 10.5. The first-order chi connectivity index (χ1) is 11.0. The van der Waals surface area contributed by atoms with Gasteiger partial charge in [0.2, 0.25) is 0 Å². The van der Waals surface area contributed by atoms with Gasteiger partial charge in [-0.1, -0.05) is 24.6 Å².